The number of hydrogen-bond donors (Lipinski definition) is 4. The Balaban J connectivity index is 0.971. The molecular weight excluding hydrogens is 588 g/mol. The number of hydrogen-bond acceptors (Lipinski definition) is 6. The van der Waals surface area contributed by atoms with Crippen molar-refractivity contribution >= 4 is 10.9 Å². The van der Waals surface area contributed by atoms with Gasteiger partial charge in [0.25, 0.3) is 0 Å². The number of unbranched alkanes of at least 4 members (excludes halogenated alkanes) is 6. The molecule has 8 nitrogen and oxygen atoms in total. The van der Waals surface area contributed by atoms with Crippen LogP contribution in [0.15, 0.2) is 100 Å². The van der Waals surface area contributed by atoms with Crippen molar-refractivity contribution in [3.63, 3.8) is 0 Å². The van der Waals surface area contributed by atoms with Crippen molar-refractivity contribution in [1.82, 2.24) is 15.3 Å². The molecule has 0 aliphatic carbocycles. The summed E-state index contributed by atoms with van der Waals surface area (Å²) in [6.07, 6.45) is 11.1. The molecule has 0 radical (unpaired) electrons. The zero-order valence-electron chi connectivity index (χ0n) is 27.8. The van der Waals surface area contributed by atoms with Gasteiger partial charge in [0.2, 0.25) is 11.4 Å². The second kappa shape index (κ2) is 16.0. The van der Waals surface area contributed by atoms with Crippen LogP contribution in [-0.4, -0.2) is 58.4 Å². The molecule has 3 aromatic carbocycles. The number of quaternary nitrogens is 1. The molecule has 0 saturated carbocycles. The fraction of sp³-hybridized carbons (Fsp3) is 0.385. The van der Waals surface area contributed by atoms with Gasteiger partial charge in [-0.3, -0.25) is 4.79 Å². The smallest absolute Gasteiger partial charge is 0.248 e. The molecule has 0 bridgehead atoms. The lowest BCUT2D eigenvalue weighted by Gasteiger charge is -2.29. The number of oxazole rings is 1. The molecule has 4 N–H and O–H groups in total. The molecule has 0 saturated heterocycles. The van der Waals surface area contributed by atoms with E-state index in [2.05, 4.69) is 29.4 Å². The highest BCUT2D eigenvalue weighted by Gasteiger charge is 2.39. The second-order valence-electron chi connectivity index (χ2n) is 13.2. The molecular formula is C39H49N4O4+. The number of aliphatic hydroxyl groups is 1. The van der Waals surface area contributed by atoms with E-state index in [4.69, 9.17) is 4.42 Å². The molecule has 5 aromatic rings. The summed E-state index contributed by atoms with van der Waals surface area (Å²) in [5.41, 5.74) is 1.42. The molecule has 0 atom stereocenters. The van der Waals surface area contributed by atoms with Gasteiger partial charge in [0.15, 0.2) is 11.4 Å². The summed E-state index contributed by atoms with van der Waals surface area (Å²) >= 11 is 0. The fourth-order valence-electron chi connectivity index (χ4n) is 6.36. The minimum Gasteiger partial charge on any atom is -0.506 e. The van der Waals surface area contributed by atoms with Crippen LogP contribution in [-0.2, 0) is 18.6 Å². The third-order valence-corrected chi connectivity index (χ3v) is 8.98. The van der Waals surface area contributed by atoms with Gasteiger partial charge in [-0.25, -0.2) is 4.98 Å². The number of fused-ring (bicyclic) bond motifs is 1. The predicted molar refractivity (Wildman–Crippen MR) is 187 cm³/mol. The zero-order chi connectivity index (χ0) is 33.1. The normalized spacial score (nSPS) is 12.1. The molecule has 0 aliphatic rings. The Morgan fingerprint density at radius 3 is 2.13 bits per heavy atom. The summed E-state index contributed by atoms with van der Waals surface area (Å²) in [7, 11) is 4.45. The van der Waals surface area contributed by atoms with E-state index >= 15 is 0 Å². The first-order valence-corrected chi connectivity index (χ1v) is 16.9. The van der Waals surface area contributed by atoms with E-state index < -0.39 is 5.60 Å². The fourth-order valence-corrected chi connectivity index (χ4v) is 6.36. The van der Waals surface area contributed by atoms with Gasteiger partial charge in [-0.1, -0.05) is 92.4 Å². The first-order valence-electron chi connectivity index (χ1n) is 16.9. The van der Waals surface area contributed by atoms with Crippen LogP contribution in [0.25, 0.3) is 10.9 Å². The summed E-state index contributed by atoms with van der Waals surface area (Å²) in [5.74, 6) is 1.18. The zero-order valence-corrected chi connectivity index (χ0v) is 27.8. The molecule has 0 fully saturated rings. The van der Waals surface area contributed by atoms with Crippen molar-refractivity contribution in [2.45, 2.75) is 63.5 Å². The van der Waals surface area contributed by atoms with Gasteiger partial charge in [-0.05, 0) is 67.6 Å². The van der Waals surface area contributed by atoms with Gasteiger partial charge in [0, 0.05) is 11.5 Å². The largest absolute Gasteiger partial charge is 0.506 e. The molecule has 5 rings (SSSR count). The molecule has 2 heterocycles. The van der Waals surface area contributed by atoms with E-state index in [9.17, 15) is 15.0 Å². The van der Waals surface area contributed by atoms with Crippen LogP contribution in [0.4, 0.5) is 0 Å². The molecule has 0 amide bonds. The van der Waals surface area contributed by atoms with Gasteiger partial charge in [-0.15, -0.1) is 0 Å². The van der Waals surface area contributed by atoms with Crippen LogP contribution in [0.5, 0.6) is 5.75 Å². The van der Waals surface area contributed by atoms with Crippen molar-refractivity contribution in [2.75, 3.05) is 33.7 Å². The number of aromatic hydroxyl groups is 1. The summed E-state index contributed by atoms with van der Waals surface area (Å²) in [5, 5.41) is 26.5. The minimum atomic E-state index is -1.46. The molecule has 0 spiro atoms. The number of phenolic OH excluding ortho intramolecular Hbond substituents is 1. The number of pyridine rings is 1. The lowest BCUT2D eigenvalue weighted by Crippen LogP contribution is -2.39. The molecule has 47 heavy (non-hydrogen) atoms. The third kappa shape index (κ3) is 8.98. The Kier molecular flexibility index (Phi) is 11.6. The van der Waals surface area contributed by atoms with Gasteiger partial charge >= 0.3 is 0 Å². The van der Waals surface area contributed by atoms with E-state index in [-0.39, 0.29) is 11.3 Å². The Morgan fingerprint density at radius 2 is 1.45 bits per heavy atom. The standard InChI is InChI=1S/C39H48N4O4/c1-43(2,29-33-28-41-38(47-33)39(46,31-16-10-8-11-17-31)32-18-12-9-13-19-32)27-15-7-5-3-4-6-14-25-40-26-24-30-20-22-35(44)37-34(30)21-23-36(45)42-37/h8-13,16-23,28,40,46H,3-7,14-15,24-27,29H2,1-2H3,(H-,42,44,45)/p+1. The quantitative estimate of drug-likeness (QED) is 0.0633. The lowest BCUT2D eigenvalue weighted by atomic mass is 9.86. The summed E-state index contributed by atoms with van der Waals surface area (Å²) < 4.78 is 7.04. The first-order chi connectivity index (χ1) is 22.8. The Morgan fingerprint density at radius 1 is 0.809 bits per heavy atom. The molecule has 0 aliphatic heterocycles. The van der Waals surface area contributed by atoms with Crippen molar-refractivity contribution in [2.24, 2.45) is 0 Å². The first kappa shape index (κ1) is 34.1. The lowest BCUT2D eigenvalue weighted by molar-refractivity contribution is -0.904. The van der Waals surface area contributed by atoms with Gasteiger partial charge in [-0.2, -0.15) is 0 Å². The predicted octanol–water partition coefficient (Wildman–Crippen LogP) is 6.65. The number of aromatic amines is 1. The highest BCUT2D eigenvalue weighted by atomic mass is 16.4. The number of nitrogens with zero attached hydrogens (tertiary/aromatic N) is 2. The average Bonchev–Trinajstić information content (AvgIpc) is 3.55. The summed E-state index contributed by atoms with van der Waals surface area (Å²) in [4.78, 5) is 18.9. The Labute approximate surface area is 277 Å². The van der Waals surface area contributed by atoms with Crippen molar-refractivity contribution in [3.8, 4) is 5.75 Å². The number of rotatable bonds is 18. The van der Waals surface area contributed by atoms with Gasteiger partial charge < -0.3 is 29.4 Å². The monoisotopic (exact) mass is 637 g/mol. The van der Waals surface area contributed by atoms with Crippen molar-refractivity contribution in [3.05, 3.63) is 130 Å². The van der Waals surface area contributed by atoms with Crippen LogP contribution >= 0.6 is 0 Å². The van der Waals surface area contributed by atoms with Gasteiger partial charge in [0.1, 0.15) is 12.3 Å². The number of phenols is 1. The number of benzene rings is 3. The Hall–Kier alpha value is -4.24. The van der Waals surface area contributed by atoms with E-state index in [0.29, 0.717) is 18.0 Å². The number of nitrogens with one attached hydrogen (secondary N) is 2. The molecule has 8 heteroatoms. The van der Waals surface area contributed by atoms with E-state index in [1.54, 1.807) is 18.3 Å². The average molecular weight is 638 g/mol. The van der Waals surface area contributed by atoms with E-state index in [1.807, 2.05) is 66.7 Å². The minimum absolute atomic E-state index is 0.107. The van der Waals surface area contributed by atoms with Crippen LogP contribution in [0, 0.1) is 0 Å². The summed E-state index contributed by atoms with van der Waals surface area (Å²) in [6, 6.07) is 26.0. The van der Waals surface area contributed by atoms with Crippen LogP contribution in [0.1, 0.15) is 73.3 Å². The number of aromatic nitrogens is 2. The van der Waals surface area contributed by atoms with Gasteiger partial charge in [0.05, 0.1) is 32.4 Å². The maximum absolute atomic E-state index is 12.0. The topological polar surface area (TPSA) is 111 Å². The highest BCUT2D eigenvalue weighted by Crippen LogP contribution is 2.36. The SMILES string of the molecule is C[N+](C)(CCCCCCCCCNCCc1ccc(O)c2[nH]c(=O)ccc12)Cc1cnc(C(O)(c2ccccc2)c2ccccc2)o1. The number of H-pyrrole nitrogens is 1. The highest BCUT2D eigenvalue weighted by molar-refractivity contribution is 5.87. The van der Waals surface area contributed by atoms with Crippen LogP contribution < -0.4 is 10.9 Å². The third-order valence-electron chi connectivity index (χ3n) is 8.98. The second-order valence-corrected chi connectivity index (χ2v) is 13.2. The van der Waals surface area contributed by atoms with Crippen LogP contribution in [0.3, 0.4) is 0 Å². The molecule has 248 valence electrons. The maximum Gasteiger partial charge on any atom is 0.248 e. The molecule has 0 unspecified atom stereocenters. The van der Waals surface area contributed by atoms with Crippen LogP contribution in [0.2, 0.25) is 0 Å². The maximum atomic E-state index is 12.0. The molecule has 2 aromatic heterocycles. The van der Waals surface area contributed by atoms with Crippen molar-refractivity contribution < 1.29 is 19.1 Å². The van der Waals surface area contributed by atoms with E-state index in [1.165, 1.54) is 38.2 Å². The Bertz CT molecular complexity index is 1710. The summed E-state index contributed by atoms with van der Waals surface area (Å²) in [6.45, 7) is 3.62. The van der Waals surface area contributed by atoms with E-state index in [0.717, 1.165) is 71.2 Å². The van der Waals surface area contributed by atoms with Crippen molar-refractivity contribution in [1.29, 1.82) is 0 Å².